The SMILES string of the molecule is NC(=O)c1cccnc1N1CCC[C@@H](CCc2ccccc2F)C1. The molecule has 4 nitrogen and oxygen atoms in total. The van der Waals surface area contributed by atoms with Gasteiger partial charge in [0.1, 0.15) is 11.6 Å². The number of hydrogen-bond donors (Lipinski definition) is 1. The van der Waals surface area contributed by atoms with Crippen molar-refractivity contribution in [3.8, 4) is 0 Å². The van der Waals surface area contributed by atoms with Crippen LogP contribution in [0.1, 0.15) is 35.2 Å². The number of rotatable bonds is 5. The zero-order valence-electron chi connectivity index (χ0n) is 13.6. The molecule has 5 heteroatoms. The molecule has 1 aromatic heterocycles. The van der Waals surface area contributed by atoms with Crippen molar-refractivity contribution in [3.63, 3.8) is 0 Å². The topological polar surface area (TPSA) is 59.2 Å². The molecule has 0 aliphatic carbocycles. The summed E-state index contributed by atoms with van der Waals surface area (Å²) in [6.07, 6.45) is 5.50. The molecule has 2 N–H and O–H groups in total. The van der Waals surface area contributed by atoms with Crippen LogP contribution in [0.5, 0.6) is 0 Å². The van der Waals surface area contributed by atoms with Crippen molar-refractivity contribution >= 4 is 11.7 Å². The number of hydrogen-bond acceptors (Lipinski definition) is 3. The standard InChI is InChI=1S/C19H22FN3O/c20-17-8-2-1-6-15(17)10-9-14-5-4-12-23(13-14)19-16(18(21)24)7-3-11-22-19/h1-3,6-8,11,14H,4-5,9-10,12-13H2,(H2,21,24)/t14-/m0/s1. The van der Waals surface area contributed by atoms with Crippen LogP contribution < -0.4 is 10.6 Å². The largest absolute Gasteiger partial charge is 0.365 e. The van der Waals surface area contributed by atoms with Crippen molar-refractivity contribution in [3.05, 3.63) is 59.5 Å². The molecule has 1 aliphatic rings. The number of anilines is 1. The highest BCUT2D eigenvalue weighted by Gasteiger charge is 2.24. The molecule has 0 bridgehead atoms. The van der Waals surface area contributed by atoms with Crippen molar-refractivity contribution in [2.24, 2.45) is 11.7 Å². The lowest BCUT2D eigenvalue weighted by Gasteiger charge is -2.34. The number of pyridine rings is 1. The quantitative estimate of drug-likeness (QED) is 0.917. The Morgan fingerprint density at radius 1 is 1.29 bits per heavy atom. The first-order valence-corrected chi connectivity index (χ1v) is 8.38. The average molecular weight is 327 g/mol. The smallest absolute Gasteiger partial charge is 0.252 e. The Bertz CT molecular complexity index is 719. The predicted octanol–water partition coefficient (Wildman–Crippen LogP) is 3.17. The third kappa shape index (κ3) is 3.72. The van der Waals surface area contributed by atoms with Gasteiger partial charge in [-0.2, -0.15) is 0 Å². The molecule has 1 aromatic carbocycles. The van der Waals surface area contributed by atoms with Gasteiger partial charge >= 0.3 is 0 Å². The first-order chi connectivity index (χ1) is 11.6. The number of aromatic nitrogens is 1. The minimum Gasteiger partial charge on any atom is -0.365 e. The minimum absolute atomic E-state index is 0.133. The summed E-state index contributed by atoms with van der Waals surface area (Å²) in [6.45, 7) is 1.69. The first-order valence-electron chi connectivity index (χ1n) is 8.38. The Morgan fingerprint density at radius 2 is 2.12 bits per heavy atom. The Kier molecular flexibility index (Phi) is 5.08. The molecule has 1 fully saturated rings. The predicted molar refractivity (Wildman–Crippen MR) is 92.4 cm³/mol. The molecule has 2 heterocycles. The maximum Gasteiger partial charge on any atom is 0.252 e. The van der Waals surface area contributed by atoms with Crippen molar-refractivity contribution < 1.29 is 9.18 Å². The Hall–Kier alpha value is -2.43. The zero-order chi connectivity index (χ0) is 16.9. The van der Waals surface area contributed by atoms with E-state index >= 15 is 0 Å². The third-order valence-corrected chi connectivity index (χ3v) is 4.65. The second kappa shape index (κ2) is 7.43. The Balaban J connectivity index is 1.67. The van der Waals surface area contributed by atoms with E-state index in [9.17, 15) is 9.18 Å². The van der Waals surface area contributed by atoms with Crippen LogP contribution in [0.4, 0.5) is 10.2 Å². The fourth-order valence-electron chi connectivity index (χ4n) is 3.40. The monoisotopic (exact) mass is 327 g/mol. The molecular weight excluding hydrogens is 305 g/mol. The van der Waals surface area contributed by atoms with Crippen molar-refractivity contribution in [2.45, 2.75) is 25.7 Å². The molecule has 3 rings (SSSR count). The van der Waals surface area contributed by atoms with Gasteiger partial charge in [0.05, 0.1) is 5.56 Å². The number of benzene rings is 1. The van der Waals surface area contributed by atoms with Gasteiger partial charge < -0.3 is 10.6 Å². The summed E-state index contributed by atoms with van der Waals surface area (Å²) in [5.74, 6) is 0.541. The first kappa shape index (κ1) is 16.4. The molecule has 24 heavy (non-hydrogen) atoms. The number of amides is 1. The maximum atomic E-state index is 13.8. The summed E-state index contributed by atoms with van der Waals surface area (Å²) in [4.78, 5) is 18.1. The number of piperidine rings is 1. The Labute approximate surface area is 141 Å². The minimum atomic E-state index is -0.452. The van der Waals surface area contributed by atoms with Gasteiger partial charge in [-0.25, -0.2) is 9.37 Å². The number of nitrogens with two attached hydrogens (primary N) is 1. The summed E-state index contributed by atoms with van der Waals surface area (Å²) < 4.78 is 13.8. The number of primary amides is 1. The van der Waals surface area contributed by atoms with Crippen LogP contribution >= 0.6 is 0 Å². The van der Waals surface area contributed by atoms with Gasteiger partial charge in [-0.1, -0.05) is 18.2 Å². The normalized spacial score (nSPS) is 17.7. The fraction of sp³-hybridized carbons (Fsp3) is 0.368. The third-order valence-electron chi connectivity index (χ3n) is 4.65. The lowest BCUT2D eigenvalue weighted by Crippen LogP contribution is -2.37. The van der Waals surface area contributed by atoms with Crippen LogP contribution in [0.3, 0.4) is 0 Å². The molecule has 1 saturated heterocycles. The Morgan fingerprint density at radius 3 is 2.92 bits per heavy atom. The molecule has 1 aliphatic heterocycles. The van der Waals surface area contributed by atoms with E-state index in [0.29, 0.717) is 17.3 Å². The van der Waals surface area contributed by atoms with Crippen LogP contribution in [-0.4, -0.2) is 24.0 Å². The number of nitrogens with zero attached hydrogens (tertiary/aromatic N) is 2. The van der Waals surface area contributed by atoms with E-state index in [4.69, 9.17) is 5.73 Å². The van der Waals surface area contributed by atoms with Crippen molar-refractivity contribution in [1.82, 2.24) is 4.98 Å². The van der Waals surface area contributed by atoms with E-state index in [1.807, 2.05) is 12.1 Å². The highest BCUT2D eigenvalue weighted by molar-refractivity contribution is 5.97. The molecule has 1 amide bonds. The fourth-order valence-corrected chi connectivity index (χ4v) is 3.40. The van der Waals surface area contributed by atoms with Gasteiger partial charge in [0, 0.05) is 19.3 Å². The summed E-state index contributed by atoms with van der Waals surface area (Å²) >= 11 is 0. The van der Waals surface area contributed by atoms with E-state index in [-0.39, 0.29) is 5.82 Å². The highest BCUT2D eigenvalue weighted by atomic mass is 19.1. The lowest BCUT2D eigenvalue weighted by atomic mass is 9.91. The summed E-state index contributed by atoms with van der Waals surface area (Å²) in [6, 6.07) is 10.4. The van der Waals surface area contributed by atoms with Gasteiger partial charge in [0.2, 0.25) is 0 Å². The average Bonchev–Trinajstić information content (AvgIpc) is 2.61. The van der Waals surface area contributed by atoms with Gasteiger partial charge in [-0.15, -0.1) is 0 Å². The van der Waals surface area contributed by atoms with Crippen molar-refractivity contribution in [2.75, 3.05) is 18.0 Å². The van der Waals surface area contributed by atoms with Crippen LogP contribution in [0.15, 0.2) is 42.6 Å². The van der Waals surface area contributed by atoms with Crippen LogP contribution in [0.25, 0.3) is 0 Å². The lowest BCUT2D eigenvalue weighted by molar-refractivity contribution is 0.100. The number of carbonyl (C=O) groups is 1. The maximum absolute atomic E-state index is 13.8. The molecule has 126 valence electrons. The van der Waals surface area contributed by atoms with E-state index in [1.54, 1.807) is 24.4 Å². The molecule has 0 radical (unpaired) electrons. The molecule has 0 spiro atoms. The van der Waals surface area contributed by atoms with Gasteiger partial charge in [0.25, 0.3) is 5.91 Å². The number of carbonyl (C=O) groups excluding carboxylic acids is 1. The van der Waals surface area contributed by atoms with Gasteiger partial charge in [0.15, 0.2) is 0 Å². The van der Waals surface area contributed by atoms with E-state index in [0.717, 1.165) is 44.3 Å². The molecule has 1 atom stereocenters. The number of aryl methyl sites for hydroxylation is 1. The molecule has 2 aromatic rings. The summed E-state index contributed by atoms with van der Waals surface area (Å²) in [7, 11) is 0. The second-order valence-electron chi connectivity index (χ2n) is 6.32. The van der Waals surface area contributed by atoms with Crippen molar-refractivity contribution in [1.29, 1.82) is 0 Å². The molecule has 0 unspecified atom stereocenters. The highest BCUT2D eigenvalue weighted by Crippen LogP contribution is 2.27. The van der Waals surface area contributed by atoms with E-state index in [1.165, 1.54) is 6.07 Å². The summed E-state index contributed by atoms with van der Waals surface area (Å²) in [5.41, 5.74) is 6.69. The van der Waals surface area contributed by atoms with Gasteiger partial charge in [-0.05, 0) is 55.4 Å². The molecule has 0 saturated carbocycles. The molecular formula is C19H22FN3O. The zero-order valence-corrected chi connectivity index (χ0v) is 13.6. The van der Waals surface area contributed by atoms with E-state index < -0.39 is 5.91 Å². The second-order valence-corrected chi connectivity index (χ2v) is 6.32. The van der Waals surface area contributed by atoms with Gasteiger partial charge in [-0.3, -0.25) is 4.79 Å². The van der Waals surface area contributed by atoms with Crippen LogP contribution in [0, 0.1) is 11.7 Å². The van der Waals surface area contributed by atoms with Crippen LogP contribution in [-0.2, 0) is 6.42 Å². The van der Waals surface area contributed by atoms with E-state index in [2.05, 4.69) is 9.88 Å². The number of halogens is 1. The van der Waals surface area contributed by atoms with Crippen LogP contribution in [0.2, 0.25) is 0 Å². The summed E-state index contributed by atoms with van der Waals surface area (Å²) in [5, 5.41) is 0.